The number of thioether (sulfide) groups is 1. The molecule has 0 aromatic carbocycles. The normalized spacial score (nSPS) is 25.9. The van der Waals surface area contributed by atoms with Crippen molar-refractivity contribution in [3.05, 3.63) is 24.2 Å². The van der Waals surface area contributed by atoms with E-state index in [9.17, 15) is 9.59 Å². The number of amides is 1. The number of nitrogens with one attached hydrogen (secondary N) is 1. The molecule has 2 fully saturated rings. The van der Waals surface area contributed by atoms with Gasteiger partial charge in [-0.05, 0) is 31.4 Å². The molecule has 0 radical (unpaired) electrons. The number of hydrogen-bond donors (Lipinski definition) is 1. The number of furan rings is 1. The molecule has 6 heteroatoms. The smallest absolute Gasteiger partial charge is 0.233 e. The van der Waals surface area contributed by atoms with Gasteiger partial charge in [0.2, 0.25) is 5.91 Å². The summed E-state index contributed by atoms with van der Waals surface area (Å²) in [5.74, 6) is 2.07. The van der Waals surface area contributed by atoms with Gasteiger partial charge in [0.25, 0.3) is 0 Å². The Morgan fingerprint density at radius 1 is 1.36 bits per heavy atom. The molecule has 1 saturated heterocycles. The maximum atomic E-state index is 12.9. The van der Waals surface area contributed by atoms with Crippen LogP contribution in [-0.2, 0) is 20.1 Å². The summed E-state index contributed by atoms with van der Waals surface area (Å²) < 4.78 is 10.7. The fraction of sp³-hybridized carbons (Fsp3) is 0.684. The van der Waals surface area contributed by atoms with Gasteiger partial charge in [0.15, 0.2) is 5.78 Å². The van der Waals surface area contributed by atoms with Crippen LogP contribution in [-0.4, -0.2) is 35.7 Å². The van der Waals surface area contributed by atoms with Gasteiger partial charge in [-0.2, -0.15) is 0 Å². The third-order valence-electron chi connectivity index (χ3n) is 5.17. The molecule has 1 aromatic heterocycles. The molecule has 138 valence electrons. The number of rotatable bonds is 7. The van der Waals surface area contributed by atoms with Crippen LogP contribution in [0.1, 0.15) is 51.2 Å². The first kappa shape index (κ1) is 18.5. The number of Topliss-reactive ketones (excluding diaryl/α,β-unsaturated/α-hetero) is 1. The summed E-state index contributed by atoms with van der Waals surface area (Å²) in [6, 6.07) is 3.28. The Hall–Kier alpha value is -1.27. The molecule has 3 rings (SSSR count). The van der Waals surface area contributed by atoms with Gasteiger partial charge in [-0.25, -0.2) is 0 Å². The molecule has 25 heavy (non-hydrogen) atoms. The minimum Gasteiger partial charge on any atom is -0.468 e. The minimum absolute atomic E-state index is 0.0340. The lowest BCUT2D eigenvalue weighted by molar-refractivity contribution is -0.126. The van der Waals surface area contributed by atoms with Crippen molar-refractivity contribution < 1.29 is 18.7 Å². The summed E-state index contributed by atoms with van der Waals surface area (Å²) in [6.07, 6.45) is 8.50. The quantitative estimate of drug-likeness (QED) is 0.803. The highest BCUT2D eigenvalue weighted by atomic mass is 32.2. The van der Waals surface area contributed by atoms with Gasteiger partial charge in [-0.15, -0.1) is 11.8 Å². The van der Waals surface area contributed by atoms with Gasteiger partial charge >= 0.3 is 0 Å². The fourth-order valence-corrected chi connectivity index (χ4v) is 4.82. The molecule has 1 aliphatic carbocycles. The Bertz CT molecular complexity index is 568. The monoisotopic (exact) mass is 365 g/mol. The van der Waals surface area contributed by atoms with Crippen molar-refractivity contribution >= 4 is 23.5 Å². The van der Waals surface area contributed by atoms with Crippen LogP contribution in [0.25, 0.3) is 0 Å². The Morgan fingerprint density at radius 2 is 2.16 bits per heavy atom. The van der Waals surface area contributed by atoms with Crippen LogP contribution in [0.4, 0.5) is 0 Å². The molecule has 3 atom stereocenters. The number of hydrogen-bond acceptors (Lipinski definition) is 5. The van der Waals surface area contributed by atoms with Gasteiger partial charge in [-0.1, -0.05) is 32.1 Å². The molecule has 0 spiro atoms. The van der Waals surface area contributed by atoms with Crippen LogP contribution in [0.5, 0.6) is 0 Å². The second-order valence-electron chi connectivity index (χ2n) is 7.09. The predicted octanol–water partition coefficient (Wildman–Crippen LogP) is 3.32. The molecule has 1 unspecified atom stereocenters. The van der Waals surface area contributed by atoms with E-state index >= 15 is 0 Å². The van der Waals surface area contributed by atoms with Crippen LogP contribution in [0.15, 0.2) is 22.8 Å². The molecular weight excluding hydrogens is 338 g/mol. The summed E-state index contributed by atoms with van der Waals surface area (Å²) in [5, 5.41) is 2.77. The topological polar surface area (TPSA) is 68.5 Å². The molecule has 1 saturated carbocycles. The van der Waals surface area contributed by atoms with Gasteiger partial charge in [0.05, 0.1) is 23.4 Å². The van der Waals surface area contributed by atoms with E-state index in [-0.39, 0.29) is 29.7 Å². The van der Waals surface area contributed by atoms with Gasteiger partial charge in [0, 0.05) is 0 Å². The second kappa shape index (κ2) is 8.90. The maximum absolute atomic E-state index is 12.9. The SMILES string of the molecule is CC1OCC(=O)[C@H]1NC(=O)[C@H](CC1CCCCC1)SCc1ccco1. The third-order valence-corrected chi connectivity index (χ3v) is 6.43. The summed E-state index contributed by atoms with van der Waals surface area (Å²) in [4.78, 5) is 24.8. The lowest BCUT2D eigenvalue weighted by atomic mass is 9.86. The first-order valence-corrected chi connectivity index (χ1v) is 10.3. The zero-order valence-electron chi connectivity index (χ0n) is 14.7. The van der Waals surface area contributed by atoms with Gasteiger partial charge < -0.3 is 14.5 Å². The number of ketones is 1. The summed E-state index contributed by atoms with van der Waals surface area (Å²) in [6.45, 7) is 1.93. The molecule has 2 aliphatic rings. The van der Waals surface area contributed by atoms with E-state index in [1.165, 1.54) is 32.1 Å². The molecule has 2 heterocycles. The van der Waals surface area contributed by atoms with Crippen molar-refractivity contribution in [1.82, 2.24) is 5.32 Å². The van der Waals surface area contributed by atoms with E-state index in [2.05, 4.69) is 5.32 Å². The zero-order valence-corrected chi connectivity index (χ0v) is 15.6. The first-order chi connectivity index (χ1) is 12.1. The second-order valence-corrected chi connectivity index (χ2v) is 8.28. The molecule has 1 aliphatic heterocycles. The Labute approximate surface area is 153 Å². The zero-order chi connectivity index (χ0) is 17.6. The molecule has 5 nitrogen and oxygen atoms in total. The van der Waals surface area contributed by atoms with Crippen LogP contribution in [0, 0.1) is 5.92 Å². The van der Waals surface area contributed by atoms with E-state index in [0.717, 1.165) is 12.2 Å². The fourth-order valence-electron chi connectivity index (χ4n) is 3.66. The molecule has 1 amide bonds. The molecule has 1 aromatic rings. The van der Waals surface area contributed by atoms with Crippen molar-refractivity contribution in [3.8, 4) is 0 Å². The van der Waals surface area contributed by atoms with E-state index < -0.39 is 6.04 Å². The Kier molecular flexibility index (Phi) is 6.59. The minimum atomic E-state index is -0.509. The molecular formula is C19H27NO4S. The number of carbonyl (C=O) groups is 2. The summed E-state index contributed by atoms with van der Waals surface area (Å²) >= 11 is 1.61. The van der Waals surface area contributed by atoms with Crippen molar-refractivity contribution in [2.75, 3.05) is 6.61 Å². The lowest BCUT2D eigenvalue weighted by Crippen LogP contribution is -2.47. The Morgan fingerprint density at radius 3 is 2.80 bits per heavy atom. The third kappa shape index (κ3) is 5.11. The van der Waals surface area contributed by atoms with Crippen molar-refractivity contribution in [1.29, 1.82) is 0 Å². The van der Waals surface area contributed by atoms with Crippen LogP contribution in [0.2, 0.25) is 0 Å². The lowest BCUT2D eigenvalue weighted by Gasteiger charge is -2.26. The molecule has 1 N–H and O–H groups in total. The van der Waals surface area contributed by atoms with E-state index in [1.807, 2.05) is 19.1 Å². The molecule has 0 bridgehead atoms. The highest BCUT2D eigenvalue weighted by Crippen LogP contribution is 2.32. The standard InChI is InChI=1S/C19H27NO4S/c1-13-18(16(21)11-24-13)20-19(22)17(10-14-6-3-2-4-7-14)25-12-15-8-5-9-23-15/h5,8-9,13-14,17-18H,2-4,6-7,10-12H2,1H3,(H,20,22)/t13?,17-,18-/m0/s1. The summed E-state index contributed by atoms with van der Waals surface area (Å²) in [7, 11) is 0. The van der Waals surface area contributed by atoms with E-state index in [4.69, 9.17) is 9.15 Å². The Balaban J connectivity index is 1.61. The van der Waals surface area contributed by atoms with Crippen LogP contribution in [0.3, 0.4) is 0 Å². The van der Waals surface area contributed by atoms with E-state index in [0.29, 0.717) is 11.7 Å². The average Bonchev–Trinajstić information content (AvgIpc) is 3.24. The van der Waals surface area contributed by atoms with Gasteiger partial charge in [0.1, 0.15) is 18.4 Å². The predicted molar refractivity (Wildman–Crippen MR) is 97.3 cm³/mol. The largest absolute Gasteiger partial charge is 0.468 e. The number of carbonyl (C=O) groups excluding carboxylic acids is 2. The maximum Gasteiger partial charge on any atom is 0.233 e. The van der Waals surface area contributed by atoms with Crippen molar-refractivity contribution in [2.45, 2.75) is 68.6 Å². The highest BCUT2D eigenvalue weighted by Gasteiger charge is 2.36. The van der Waals surface area contributed by atoms with Crippen LogP contribution >= 0.6 is 11.8 Å². The number of ether oxygens (including phenoxy) is 1. The summed E-state index contributed by atoms with van der Waals surface area (Å²) in [5.41, 5.74) is 0. The highest BCUT2D eigenvalue weighted by molar-refractivity contribution is 7.99. The first-order valence-electron chi connectivity index (χ1n) is 9.22. The van der Waals surface area contributed by atoms with E-state index in [1.54, 1.807) is 18.0 Å². The van der Waals surface area contributed by atoms with Crippen molar-refractivity contribution in [3.63, 3.8) is 0 Å². The van der Waals surface area contributed by atoms with Crippen molar-refractivity contribution in [2.24, 2.45) is 5.92 Å². The van der Waals surface area contributed by atoms with Gasteiger partial charge in [-0.3, -0.25) is 9.59 Å². The van der Waals surface area contributed by atoms with Crippen LogP contribution < -0.4 is 5.32 Å². The average molecular weight is 365 g/mol.